The van der Waals surface area contributed by atoms with E-state index in [-0.39, 0.29) is 36.9 Å². The summed E-state index contributed by atoms with van der Waals surface area (Å²) in [5.74, 6) is -0.638. The number of anilines is 2. The molecule has 11 nitrogen and oxygen atoms in total. The molecule has 4 N–H and O–H groups in total. The average molecular weight is 638 g/mol. The molecular formula is C31H35N5O6S2. The van der Waals surface area contributed by atoms with Crippen LogP contribution in [0.4, 0.5) is 16.2 Å². The SMILES string of the molecule is CC(C)CN(C[C@@H](O)[C@H](Cc1ccccc1)NC(=O)[C@@H]1CN(c2cccc(N)c2)C(=O)O1)S(=O)(=O)c1ccc2ncsc2c1. The third-order valence-corrected chi connectivity index (χ3v) is 9.90. The van der Waals surface area contributed by atoms with Gasteiger partial charge in [0.2, 0.25) is 10.0 Å². The van der Waals surface area contributed by atoms with Crippen molar-refractivity contribution in [2.45, 2.75) is 43.4 Å². The summed E-state index contributed by atoms with van der Waals surface area (Å²) in [7, 11) is -4.01. The Kier molecular flexibility index (Phi) is 9.49. The number of fused-ring (bicyclic) bond motifs is 1. The third kappa shape index (κ3) is 7.18. The molecule has 0 aliphatic carbocycles. The van der Waals surface area contributed by atoms with Crippen LogP contribution in [0.3, 0.4) is 0 Å². The van der Waals surface area contributed by atoms with E-state index in [0.717, 1.165) is 10.3 Å². The van der Waals surface area contributed by atoms with Crippen molar-refractivity contribution >= 4 is 55.0 Å². The van der Waals surface area contributed by atoms with Crippen LogP contribution in [0.1, 0.15) is 19.4 Å². The standard InChI is InChI=1S/C31H35N5O6S2/c1-20(2)16-35(44(40,41)24-11-12-25-29(15-24)43-19-33-25)17-27(37)26(13-21-7-4-3-5-8-21)34-30(38)28-18-36(31(39)42-28)23-10-6-9-22(32)14-23/h3-12,14-15,19-20,26-28,37H,13,16-18,32H2,1-2H3,(H,34,38)/t26-,27+,28-/m0/s1. The molecule has 44 heavy (non-hydrogen) atoms. The molecule has 0 unspecified atom stereocenters. The van der Waals surface area contributed by atoms with Crippen molar-refractivity contribution in [2.24, 2.45) is 5.92 Å². The van der Waals surface area contributed by atoms with Crippen molar-refractivity contribution in [3.63, 3.8) is 0 Å². The Bertz CT molecular complexity index is 1730. The van der Waals surface area contributed by atoms with Gasteiger partial charge in [0.1, 0.15) is 0 Å². The summed E-state index contributed by atoms with van der Waals surface area (Å²) >= 11 is 1.35. The van der Waals surface area contributed by atoms with Crippen LogP contribution in [0.5, 0.6) is 0 Å². The van der Waals surface area contributed by atoms with Crippen molar-refractivity contribution in [1.82, 2.24) is 14.6 Å². The Hall–Kier alpha value is -4.04. The smallest absolute Gasteiger partial charge is 0.415 e. The lowest BCUT2D eigenvalue weighted by Gasteiger charge is -2.31. The molecule has 0 radical (unpaired) electrons. The van der Waals surface area contributed by atoms with E-state index in [1.54, 1.807) is 41.9 Å². The molecule has 1 aliphatic rings. The van der Waals surface area contributed by atoms with Gasteiger partial charge in [0.25, 0.3) is 5.91 Å². The number of nitrogens with two attached hydrogens (primary N) is 1. The number of amides is 2. The molecule has 0 spiro atoms. The fourth-order valence-electron chi connectivity index (χ4n) is 5.09. The lowest BCUT2D eigenvalue weighted by atomic mass is 10.0. The van der Waals surface area contributed by atoms with Gasteiger partial charge in [0.05, 0.1) is 39.3 Å². The van der Waals surface area contributed by atoms with E-state index in [4.69, 9.17) is 10.5 Å². The summed E-state index contributed by atoms with van der Waals surface area (Å²) in [6.45, 7) is 3.63. The van der Waals surface area contributed by atoms with E-state index in [1.807, 2.05) is 44.2 Å². The molecule has 1 aromatic heterocycles. The summed E-state index contributed by atoms with van der Waals surface area (Å²) in [6, 6.07) is 19.8. The average Bonchev–Trinajstić information content (AvgIpc) is 3.63. The first kappa shape index (κ1) is 31.4. The normalized spacial score (nSPS) is 16.8. The van der Waals surface area contributed by atoms with Gasteiger partial charge in [0, 0.05) is 24.5 Å². The molecule has 1 fully saturated rings. The van der Waals surface area contributed by atoms with Crippen LogP contribution in [0.15, 0.2) is 83.2 Å². The number of aliphatic hydroxyl groups excluding tert-OH is 1. The Morgan fingerprint density at radius 1 is 1.14 bits per heavy atom. The maximum Gasteiger partial charge on any atom is 0.415 e. The summed E-state index contributed by atoms with van der Waals surface area (Å²) < 4.78 is 35.1. The predicted octanol–water partition coefficient (Wildman–Crippen LogP) is 3.64. The van der Waals surface area contributed by atoms with Gasteiger partial charge in [-0.1, -0.05) is 50.2 Å². The lowest BCUT2D eigenvalue weighted by Crippen LogP contribution is -2.53. The van der Waals surface area contributed by atoms with Crippen LogP contribution in [0.25, 0.3) is 10.2 Å². The number of ether oxygens (including phenoxy) is 1. The van der Waals surface area contributed by atoms with E-state index in [1.165, 1.54) is 26.6 Å². The monoisotopic (exact) mass is 637 g/mol. The zero-order chi connectivity index (χ0) is 31.4. The van der Waals surface area contributed by atoms with Crippen LogP contribution < -0.4 is 16.0 Å². The number of carbonyl (C=O) groups excluding carboxylic acids is 2. The molecule has 1 saturated heterocycles. The number of hydrogen-bond acceptors (Lipinski definition) is 9. The van der Waals surface area contributed by atoms with E-state index < -0.39 is 40.3 Å². The summed E-state index contributed by atoms with van der Waals surface area (Å²) in [6.07, 6.45) is -2.91. The second-order valence-corrected chi connectivity index (χ2v) is 14.0. The molecule has 4 aromatic rings. The molecular weight excluding hydrogens is 603 g/mol. The highest BCUT2D eigenvalue weighted by atomic mass is 32.2. The zero-order valence-electron chi connectivity index (χ0n) is 24.4. The van der Waals surface area contributed by atoms with Crippen LogP contribution in [0.2, 0.25) is 0 Å². The molecule has 0 saturated carbocycles. The van der Waals surface area contributed by atoms with Crippen LogP contribution in [-0.2, 0) is 26.0 Å². The van der Waals surface area contributed by atoms with E-state index in [2.05, 4.69) is 10.3 Å². The van der Waals surface area contributed by atoms with E-state index in [0.29, 0.717) is 16.9 Å². The number of thiazole rings is 1. The first-order chi connectivity index (χ1) is 21.0. The van der Waals surface area contributed by atoms with Crippen molar-refractivity contribution in [3.05, 3.63) is 83.9 Å². The number of aromatic nitrogens is 1. The molecule has 5 rings (SSSR count). The van der Waals surface area contributed by atoms with Gasteiger partial charge >= 0.3 is 6.09 Å². The Morgan fingerprint density at radius 2 is 1.91 bits per heavy atom. The number of hydrogen-bond donors (Lipinski definition) is 3. The molecule has 232 valence electrons. The van der Waals surface area contributed by atoms with Crippen LogP contribution in [-0.4, -0.2) is 72.7 Å². The number of sulfonamides is 1. The maximum atomic E-state index is 13.9. The lowest BCUT2D eigenvalue weighted by molar-refractivity contribution is -0.129. The van der Waals surface area contributed by atoms with E-state index in [9.17, 15) is 23.1 Å². The summed E-state index contributed by atoms with van der Waals surface area (Å²) in [4.78, 5) is 31.7. The predicted molar refractivity (Wildman–Crippen MR) is 170 cm³/mol. The number of cyclic esters (lactones) is 1. The minimum atomic E-state index is -4.01. The summed E-state index contributed by atoms with van der Waals surface area (Å²) in [5.41, 5.74) is 10.0. The van der Waals surface area contributed by atoms with Gasteiger partial charge in [-0.25, -0.2) is 18.2 Å². The molecule has 3 atom stereocenters. The second kappa shape index (κ2) is 13.3. The number of rotatable bonds is 12. The van der Waals surface area contributed by atoms with Gasteiger partial charge in [-0.05, 0) is 54.3 Å². The Morgan fingerprint density at radius 3 is 2.64 bits per heavy atom. The molecule has 2 amide bonds. The fourth-order valence-corrected chi connectivity index (χ4v) is 7.53. The zero-order valence-corrected chi connectivity index (χ0v) is 26.0. The molecule has 3 aromatic carbocycles. The number of nitrogens with one attached hydrogen (secondary N) is 1. The molecule has 13 heteroatoms. The number of nitrogens with zero attached hydrogens (tertiary/aromatic N) is 3. The van der Waals surface area contributed by atoms with Crippen molar-refractivity contribution < 1.29 is 27.9 Å². The topological polar surface area (TPSA) is 155 Å². The largest absolute Gasteiger partial charge is 0.434 e. The second-order valence-electron chi connectivity index (χ2n) is 11.1. The van der Waals surface area contributed by atoms with Gasteiger partial charge in [-0.3, -0.25) is 9.69 Å². The minimum absolute atomic E-state index is 0.0396. The molecule has 1 aliphatic heterocycles. The quantitative estimate of drug-likeness (QED) is 0.199. The molecule has 0 bridgehead atoms. The number of nitrogen functional groups attached to an aromatic ring is 1. The highest BCUT2D eigenvalue weighted by Gasteiger charge is 2.39. The Balaban J connectivity index is 1.37. The van der Waals surface area contributed by atoms with Gasteiger partial charge in [0.15, 0.2) is 6.10 Å². The molecule has 2 heterocycles. The van der Waals surface area contributed by atoms with Crippen LogP contribution in [0, 0.1) is 5.92 Å². The van der Waals surface area contributed by atoms with Crippen molar-refractivity contribution in [3.8, 4) is 0 Å². The fraction of sp³-hybridized carbons (Fsp3) is 0.323. The highest BCUT2D eigenvalue weighted by molar-refractivity contribution is 7.89. The number of carbonyl (C=O) groups is 2. The van der Waals surface area contributed by atoms with Gasteiger partial charge in [-0.2, -0.15) is 4.31 Å². The number of aliphatic hydroxyl groups is 1. The van der Waals surface area contributed by atoms with Gasteiger partial charge < -0.3 is 20.9 Å². The van der Waals surface area contributed by atoms with Crippen molar-refractivity contribution in [1.29, 1.82) is 0 Å². The highest BCUT2D eigenvalue weighted by Crippen LogP contribution is 2.26. The summed E-state index contributed by atoms with van der Waals surface area (Å²) in [5, 5.41) is 14.4. The minimum Gasteiger partial charge on any atom is -0.434 e. The van der Waals surface area contributed by atoms with Crippen LogP contribution >= 0.6 is 11.3 Å². The Labute approximate surface area is 260 Å². The van der Waals surface area contributed by atoms with E-state index >= 15 is 0 Å². The third-order valence-electron chi connectivity index (χ3n) is 7.28. The maximum absolute atomic E-state index is 13.9. The van der Waals surface area contributed by atoms with Gasteiger partial charge in [-0.15, -0.1) is 11.3 Å². The first-order valence-electron chi connectivity index (χ1n) is 14.2. The first-order valence-corrected chi connectivity index (χ1v) is 16.5. The van der Waals surface area contributed by atoms with Crippen molar-refractivity contribution in [2.75, 3.05) is 30.3 Å². The number of benzene rings is 3.